The third kappa shape index (κ3) is 3.18. The molecular formula is C19H19N. The Hall–Kier alpha value is -2.28. The van der Waals surface area contributed by atoms with Gasteiger partial charge in [-0.15, -0.1) is 0 Å². The van der Waals surface area contributed by atoms with Crippen LogP contribution in [0.5, 0.6) is 0 Å². The largest absolute Gasteiger partial charge is 0.385 e. The summed E-state index contributed by atoms with van der Waals surface area (Å²) >= 11 is 0. The summed E-state index contributed by atoms with van der Waals surface area (Å²) in [5.74, 6) is 0. The predicted octanol–water partition coefficient (Wildman–Crippen LogP) is 4.88. The molecule has 3 rings (SSSR count). The molecule has 0 amide bonds. The first-order chi connectivity index (χ1) is 9.92. The molecule has 3 aromatic carbocycles. The highest BCUT2D eigenvalue weighted by atomic mass is 14.9. The number of benzene rings is 3. The van der Waals surface area contributed by atoms with Gasteiger partial charge in [0, 0.05) is 12.2 Å². The first kappa shape index (κ1) is 12.7. The molecular weight excluding hydrogens is 242 g/mol. The van der Waals surface area contributed by atoms with Crippen LogP contribution in [0.3, 0.4) is 0 Å². The van der Waals surface area contributed by atoms with Crippen molar-refractivity contribution in [3.05, 3.63) is 78.4 Å². The van der Waals surface area contributed by atoms with E-state index in [0.29, 0.717) is 0 Å². The van der Waals surface area contributed by atoms with Gasteiger partial charge in [-0.2, -0.15) is 0 Å². The summed E-state index contributed by atoms with van der Waals surface area (Å²) in [5, 5.41) is 6.09. The maximum absolute atomic E-state index is 3.51. The van der Waals surface area contributed by atoms with E-state index in [1.165, 1.54) is 22.0 Å². The number of anilines is 1. The molecule has 20 heavy (non-hydrogen) atoms. The van der Waals surface area contributed by atoms with Gasteiger partial charge in [-0.1, -0.05) is 60.7 Å². The number of aryl methyl sites for hydroxylation is 1. The van der Waals surface area contributed by atoms with Gasteiger partial charge in [0.15, 0.2) is 0 Å². The van der Waals surface area contributed by atoms with Crippen LogP contribution in [-0.4, -0.2) is 6.54 Å². The molecule has 0 radical (unpaired) electrons. The van der Waals surface area contributed by atoms with Gasteiger partial charge >= 0.3 is 0 Å². The van der Waals surface area contributed by atoms with Crippen molar-refractivity contribution in [2.24, 2.45) is 0 Å². The van der Waals surface area contributed by atoms with Gasteiger partial charge < -0.3 is 5.32 Å². The molecule has 0 fully saturated rings. The SMILES string of the molecule is c1ccc(CCCNc2ccc3ccccc3c2)cc1. The number of hydrogen-bond acceptors (Lipinski definition) is 1. The van der Waals surface area contributed by atoms with Gasteiger partial charge in [-0.3, -0.25) is 0 Å². The number of hydrogen-bond donors (Lipinski definition) is 1. The van der Waals surface area contributed by atoms with Gasteiger partial charge in [0.25, 0.3) is 0 Å². The lowest BCUT2D eigenvalue weighted by molar-refractivity contribution is 0.863. The molecule has 0 aliphatic heterocycles. The van der Waals surface area contributed by atoms with E-state index in [1.54, 1.807) is 0 Å². The number of rotatable bonds is 5. The van der Waals surface area contributed by atoms with Crippen LogP contribution in [0.2, 0.25) is 0 Å². The summed E-state index contributed by atoms with van der Waals surface area (Å²) in [5.41, 5.74) is 2.62. The van der Waals surface area contributed by atoms with Gasteiger partial charge in [0.2, 0.25) is 0 Å². The molecule has 0 heterocycles. The molecule has 0 saturated carbocycles. The normalized spacial score (nSPS) is 10.6. The van der Waals surface area contributed by atoms with Crippen molar-refractivity contribution in [3.63, 3.8) is 0 Å². The fourth-order valence-corrected chi connectivity index (χ4v) is 2.47. The van der Waals surface area contributed by atoms with Gasteiger partial charge in [0.05, 0.1) is 0 Å². The van der Waals surface area contributed by atoms with Crippen LogP contribution in [0.15, 0.2) is 72.8 Å². The quantitative estimate of drug-likeness (QED) is 0.645. The molecule has 0 atom stereocenters. The summed E-state index contributed by atoms with van der Waals surface area (Å²) in [6, 6.07) is 25.7. The Kier molecular flexibility index (Phi) is 3.98. The highest BCUT2D eigenvalue weighted by Crippen LogP contribution is 2.18. The summed E-state index contributed by atoms with van der Waals surface area (Å²) in [6.07, 6.45) is 2.28. The zero-order chi connectivity index (χ0) is 13.6. The Morgan fingerprint density at radius 3 is 2.30 bits per heavy atom. The lowest BCUT2D eigenvalue weighted by Crippen LogP contribution is -2.02. The van der Waals surface area contributed by atoms with Crippen molar-refractivity contribution in [1.29, 1.82) is 0 Å². The Bertz CT molecular complexity index is 673. The van der Waals surface area contributed by atoms with Crippen LogP contribution in [0.1, 0.15) is 12.0 Å². The van der Waals surface area contributed by atoms with E-state index >= 15 is 0 Å². The molecule has 0 bridgehead atoms. The fraction of sp³-hybridized carbons (Fsp3) is 0.158. The van der Waals surface area contributed by atoms with Crippen molar-refractivity contribution in [2.75, 3.05) is 11.9 Å². The molecule has 0 saturated heterocycles. The minimum atomic E-state index is 1.01. The second-order valence-corrected chi connectivity index (χ2v) is 5.08. The van der Waals surface area contributed by atoms with Gasteiger partial charge in [-0.05, 0) is 41.3 Å². The molecule has 0 unspecified atom stereocenters. The first-order valence-electron chi connectivity index (χ1n) is 7.18. The van der Waals surface area contributed by atoms with Crippen LogP contribution in [0.4, 0.5) is 5.69 Å². The Morgan fingerprint density at radius 1 is 0.700 bits per heavy atom. The lowest BCUT2D eigenvalue weighted by atomic mass is 10.1. The molecule has 0 aliphatic rings. The maximum Gasteiger partial charge on any atom is 0.0346 e. The van der Waals surface area contributed by atoms with Crippen molar-refractivity contribution in [2.45, 2.75) is 12.8 Å². The van der Waals surface area contributed by atoms with Crippen molar-refractivity contribution >= 4 is 16.5 Å². The van der Waals surface area contributed by atoms with E-state index in [-0.39, 0.29) is 0 Å². The minimum Gasteiger partial charge on any atom is -0.385 e. The molecule has 1 nitrogen and oxygen atoms in total. The van der Waals surface area contributed by atoms with Crippen LogP contribution in [0.25, 0.3) is 10.8 Å². The highest BCUT2D eigenvalue weighted by molar-refractivity contribution is 5.85. The Balaban J connectivity index is 1.55. The predicted molar refractivity (Wildman–Crippen MR) is 87.2 cm³/mol. The molecule has 100 valence electrons. The minimum absolute atomic E-state index is 1.01. The lowest BCUT2D eigenvalue weighted by Gasteiger charge is -2.07. The van der Waals surface area contributed by atoms with Crippen LogP contribution >= 0.6 is 0 Å². The van der Waals surface area contributed by atoms with E-state index in [9.17, 15) is 0 Å². The van der Waals surface area contributed by atoms with Gasteiger partial charge in [0.1, 0.15) is 0 Å². The molecule has 0 spiro atoms. The van der Waals surface area contributed by atoms with E-state index in [0.717, 1.165) is 19.4 Å². The fourth-order valence-electron chi connectivity index (χ4n) is 2.47. The summed E-state index contributed by atoms with van der Waals surface area (Å²) in [4.78, 5) is 0. The average Bonchev–Trinajstić information content (AvgIpc) is 2.52. The second kappa shape index (κ2) is 6.25. The summed E-state index contributed by atoms with van der Waals surface area (Å²) in [7, 11) is 0. The van der Waals surface area contributed by atoms with Crippen molar-refractivity contribution in [3.8, 4) is 0 Å². The number of fused-ring (bicyclic) bond motifs is 1. The zero-order valence-electron chi connectivity index (χ0n) is 11.5. The summed E-state index contributed by atoms with van der Waals surface area (Å²) in [6.45, 7) is 1.01. The summed E-state index contributed by atoms with van der Waals surface area (Å²) < 4.78 is 0. The van der Waals surface area contributed by atoms with E-state index < -0.39 is 0 Å². The molecule has 3 aromatic rings. The topological polar surface area (TPSA) is 12.0 Å². The molecule has 0 aliphatic carbocycles. The van der Waals surface area contributed by atoms with Crippen molar-refractivity contribution in [1.82, 2.24) is 0 Å². The highest BCUT2D eigenvalue weighted by Gasteiger charge is 1.96. The first-order valence-corrected chi connectivity index (χ1v) is 7.18. The maximum atomic E-state index is 3.51. The Labute approximate surface area is 120 Å². The second-order valence-electron chi connectivity index (χ2n) is 5.08. The van der Waals surface area contributed by atoms with Crippen LogP contribution < -0.4 is 5.32 Å². The van der Waals surface area contributed by atoms with E-state index in [2.05, 4.69) is 78.1 Å². The van der Waals surface area contributed by atoms with Gasteiger partial charge in [-0.25, -0.2) is 0 Å². The molecule has 1 N–H and O–H groups in total. The third-order valence-electron chi connectivity index (χ3n) is 3.56. The molecule has 0 aromatic heterocycles. The average molecular weight is 261 g/mol. The van der Waals surface area contributed by atoms with Crippen LogP contribution in [-0.2, 0) is 6.42 Å². The monoisotopic (exact) mass is 261 g/mol. The van der Waals surface area contributed by atoms with E-state index in [4.69, 9.17) is 0 Å². The zero-order valence-corrected chi connectivity index (χ0v) is 11.5. The standard InChI is InChI=1S/C19H19N/c1-2-7-16(8-3-1)9-6-14-20-19-13-12-17-10-4-5-11-18(17)15-19/h1-5,7-8,10-13,15,20H,6,9,14H2. The Morgan fingerprint density at radius 2 is 1.45 bits per heavy atom. The number of nitrogens with one attached hydrogen (secondary N) is 1. The van der Waals surface area contributed by atoms with Crippen LogP contribution in [0, 0.1) is 0 Å². The smallest absolute Gasteiger partial charge is 0.0346 e. The van der Waals surface area contributed by atoms with Crippen molar-refractivity contribution < 1.29 is 0 Å². The molecule has 1 heteroatoms. The third-order valence-corrected chi connectivity index (χ3v) is 3.56. The van der Waals surface area contributed by atoms with E-state index in [1.807, 2.05) is 0 Å².